The third kappa shape index (κ3) is 29.4. The van der Waals surface area contributed by atoms with Gasteiger partial charge >= 0.3 is 48.9 Å². The van der Waals surface area contributed by atoms with Gasteiger partial charge in [0.05, 0.1) is 9.79 Å². The number of hydrogen-bond acceptors (Lipinski definition) is 6. The van der Waals surface area contributed by atoms with Crippen molar-refractivity contribution < 1.29 is 25.9 Å². The molecule has 0 saturated carbocycles. The van der Waals surface area contributed by atoms with Crippen LogP contribution in [0.1, 0.15) is 281 Å². The van der Waals surface area contributed by atoms with E-state index in [0.29, 0.717) is 10.8 Å². The van der Waals surface area contributed by atoms with Crippen LogP contribution in [-0.4, -0.2) is 74.8 Å². The second kappa shape index (κ2) is 41.8. The molecule has 0 radical (unpaired) electrons. The molecule has 9 heteroatoms. The van der Waals surface area contributed by atoms with Gasteiger partial charge in [0.15, 0.2) is 0 Å². The van der Waals surface area contributed by atoms with Crippen molar-refractivity contribution in [3.05, 3.63) is 82.9 Å². The molecule has 0 atom stereocenters. The molecule has 4 rings (SSSR count). The normalized spacial score (nSPS) is 11.8. The molecular formula is C64H102BaO6S2. The van der Waals surface area contributed by atoms with Crippen molar-refractivity contribution in [2.45, 2.75) is 294 Å². The third-order valence-electron chi connectivity index (χ3n) is 14.9. The Kier molecular flexibility index (Phi) is 38.9. The minimum absolute atomic E-state index is 0. The molecule has 0 aliphatic heterocycles. The van der Waals surface area contributed by atoms with Crippen LogP contribution in [0.15, 0.2) is 70.5 Å². The summed E-state index contributed by atoms with van der Waals surface area (Å²) in [5.41, 5.74) is 3.94. The summed E-state index contributed by atoms with van der Waals surface area (Å²) in [4.78, 5) is -0.0325. The predicted molar refractivity (Wildman–Crippen MR) is 313 cm³/mol. The maximum atomic E-state index is 12.2. The molecule has 0 aromatic heterocycles. The molecule has 0 aliphatic rings. The Labute approximate surface area is 489 Å². The number of benzene rings is 4. The summed E-state index contributed by atoms with van der Waals surface area (Å²) in [6, 6.07) is 19.5. The predicted octanol–water partition coefficient (Wildman–Crippen LogP) is 19.4. The first-order valence-corrected chi connectivity index (χ1v) is 32.8. The van der Waals surface area contributed by atoms with Gasteiger partial charge in [-0.3, -0.25) is 0 Å². The standard InChI is InChI=1S/2C32H52O3S.Ba/c2*1-3-5-7-9-11-13-15-17-19-22-28-26-30-25-21-24-29(32(30)31(27-28)36(33,34)35)23-20-18-16-14-12-10-8-6-4-2;/h2*21,24-27H,3-20,22-23H2,1-2H3,(H,33,34,35);/q;;+2/p-2. The first-order valence-electron chi connectivity index (χ1n) is 29.9. The number of fused-ring (bicyclic) bond motifs is 2. The zero-order chi connectivity index (χ0) is 52.1. The van der Waals surface area contributed by atoms with Crippen LogP contribution in [0, 0.1) is 0 Å². The minimum atomic E-state index is -4.53. The maximum Gasteiger partial charge on any atom is 2.00 e. The molecule has 0 saturated heterocycles. The van der Waals surface area contributed by atoms with Gasteiger partial charge in [-0.2, -0.15) is 0 Å². The van der Waals surface area contributed by atoms with Crippen LogP contribution >= 0.6 is 0 Å². The summed E-state index contributed by atoms with van der Waals surface area (Å²) in [5.74, 6) is 0. The summed E-state index contributed by atoms with van der Waals surface area (Å²) in [6.45, 7) is 8.98. The van der Waals surface area contributed by atoms with Gasteiger partial charge in [-0.1, -0.05) is 282 Å². The molecule has 4 aromatic rings. The number of unbranched alkanes of at least 4 members (excludes halogenated alkanes) is 32. The van der Waals surface area contributed by atoms with Crippen LogP contribution in [-0.2, 0) is 45.9 Å². The molecule has 0 amide bonds. The molecule has 6 nitrogen and oxygen atoms in total. The Balaban J connectivity index is 0.000000493. The zero-order valence-electron chi connectivity index (χ0n) is 47.0. The van der Waals surface area contributed by atoms with Crippen LogP contribution in [0.3, 0.4) is 0 Å². The summed E-state index contributed by atoms with van der Waals surface area (Å²) in [6.07, 6.45) is 48.6. The smallest absolute Gasteiger partial charge is 0.744 e. The van der Waals surface area contributed by atoms with E-state index in [2.05, 4.69) is 39.8 Å². The largest absolute Gasteiger partial charge is 2.00 e. The first-order chi connectivity index (χ1) is 34.9. The van der Waals surface area contributed by atoms with Crippen molar-refractivity contribution in [3.8, 4) is 0 Å². The van der Waals surface area contributed by atoms with Crippen molar-refractivity contribution >= 4 is 90.7 Å². The molecule has 0 spiro atoms. The van der Waals surface area contributed by atoms with E-state index in [4.69, 9.17) is 0 Å². The molecule has 0 heterocycles. The summed E-state index contributed by atoms with van der Waals surface area (Å²) < 4.78 is 73.5. The number of hydrogen-bond donors (Lipinski definition) is 0. The Bertz CT molecular complexity index is 2100. The molecule has 0 N–H and O–H groups in total. The summed E-state index contributed by atoms with van der Waals surface area (Å²) in [5, 5.41) is 3.10. The van der Waals surface area contributed by atoms with Gasteiger partial charge in [-0.25, -0.2) is 16.8 Å². The number of rotatable bonds is 42. The monoisotopic (exact) mass is 1170 g/mol. The SMILES string of the molecule is CCCCCCCCCCCc1cc(S(=O)(=O)[O-])c2c(CCCCCCCCCCC)cccc2c1.CCCCCCCCCCCc1cc(S(=O)(=O)[O-])c2c(CCCCCCCCCCC)cccc2c1.[Ba+2]. The van der Waals surface area contributed by atoms with Gasteiger partial charge in [-0.15, -0.1) is 0 Å². The molecule has 0 fully saturated rings. The van der Waals surface area contributed by atoms with Crippen molar-refractivity contribution in [3.63, 3.8) is 0 Å². The molecule has 4 aromatic carbocycles. The van der Waals surface area contributed by atoms with Gasteiger partial charge in [-0.05, 0) is 96.5 Å². The van der Waals surface area contributed by atoms with E-state index >= 15 is 0 Å². The fourth-order valence-electron chi connectivity index (χ4n) is 10.7. The Morgan fingerprint density at radius 1 is 0.315 bits per heavy atom. The Hall–Kier alpha value is -1.21. The van der Waals surface area contributed by atoms with Crippen molar-refractivity contribution in [2.24, 2.45) is 0 Å². The average Bonchev–Trinajstić information content (AvgIpc) is 3.35. The third-order valence-corrected chi connectivity index (χ3v) is 16.7. The van der Waals surface area contributed by atoms with Crippen LogP contribution in [0.4, 0.5) is 0 Å². The minimum Gasteiger partial charge on any atom is -0.744 e. The van der Waals surface area contributed by atoms with Crippen LogP contribution in [0.2, 0.25) is 0 Å². The molecule has 0 unspecified atom stereocenters. The van der Waals surface area contributed by atoms with E-state index in [1.54, 1.807) is 12.1 Å². The maximum absolute atomic E-state index is 12.2. The van der Waals surface area contributed by atoms with Crippen molar-refractivity contribution in [1.82, 2.24) is 0 Å². The fourth-order valence-corrected chi connectivity index (χ4v) is 12.3. The topological polar surface area (TPSA) is 114 Å². The van der Waals surface area contributed by atoms with E-state index in [-0.39, 0.29) is 58.7 Å². The van der Waals surface area contributed by atoms with Crippen LogP contribution in [0.5, 0.6) is 0 Å². The number of aryl methyl sites for hydroxylation is 4. The Morgan fingerprint density at radius 3 is 0.795 bits per heavy atom. The van der Waals surface area contributed by atoms with Crippen LogP contribution in [0.25, 0.3) is 21.5 Å². The summed E-state index contributed by atoms with van der Waals surface area (Å²) >= 11 is 0. The van der Waals surface area contributed by atoms with Gasteiger partial charge in [0.1, 0.15) is 20.2 Å². The fraction of sp³-hybridized carbons (Fsp3) is 0.688. The van der Waals surface area contributed by atoms with E-state index in [1.807, 2.05) is 36.4 Å². The molecule has 73 heavy (non-hydrogen) atoms. The Morgan fingerprint density at radius 2 is 0.548 bits per heavy atom. The van der Waals surface area contributed by atoms with E-state index in [0.717, 1.165) is 110 Å². The summed E-state index contributed by atoms with van der Waals surface area (Å²) in [7, 11) is -9.05. The molecule has 0 aliphatic carbocycles. The first kappa shape index (κ1) is 67.9. The van der Waals surface area contributed by atoms with Gasteiger partial charge in [0, 0.05) is 10.8 Å². The van der Waals surface area contributed by atoms with Gasteiger partial charge in [0.25, 0.3) is 0 Å². The zero-order valence-corrected chi connectivity index (χ0v) is 53.1. The second-order valence-electron chi connectivity index (χ2n) is 21.4. The quantitative estimate of drug-likeness (QED) is 0.0248. The van der Waals surface area contributed by atoms with E-state index < -0.39 is 20.2 Å². The van der Waals surface area contributed by atoms with Gasteiger partial charge in [0.2, 0.25) is 0 Å². The van der Waals surface area contributed by atoms with Crippen molar-refractivity contribution in [1.29, 1.82) is 0 Å². The van der Waals surface area contributed by atoms with E-state index in [1.165, 1.54) is 180 Å². The molecule has 0 bridgehead atoms. The van der Waals surface area contributed by atoms with E-state index in [9.17, 15) is 25.9 Å². The molecule has 408 valence electrons. The second-order valence-corrected chi connectivity index (χ2v) is 24.1. The van der Waals surface area contributed by atoms with Crippen molar-refractivity contribution in [2.75, 3.05) is 0 Å². The van der Waals surface area contributed by atoms with Crippen LogP contribution < -0.4 is 0 Å². The average molecular weight is 1170 g/mol. The van der Waals surface area contributed by atoms with Gasteiger partial charge < -0.3 is 9.11 Å². The molecular weight excluding hydrogens is 1070 g/mol.